The van der Waals surface area contributed by atoms with Crippen LogP contribution in [0.3, 0.4) is 0 Å². The van der Waals surface area contributed by atoms with Crippen molar-refractivity contribution < 1.29 is 14.6 Å². The highest BCUT2D eigenvalue weighted by atomic mass is 16.5. The quantitative estimate of drug-likeness (QED) is 0.715. The van der Waals surface area contributed by atoms with Crippen molar-refractivity contribution in [3.63, 3.8) is 0 Å². The molecular weight excluding hydrogens is 356 g/mol. The van der Waals surface area contributed by atoms with Crippen LogP contribution >= 0.6 is 0 Å². The van der Waals surface area contributed by atoms with E-state index in [1.807, 2.05) is 44.2 Å². The summed E-state index contributed by atoms with van der Waals surface area (Å²) in [5.74, 6) is 1.46. The first-order chi connectivity index (χ1) is 13.4. The number of pyridine rings is 1. The van der Waals surface area contributed by atoms with Gasteiger partial charge in [-0.1, -0.05) is 0 Å². The number of nitrogens with one attached hydrogen (secondary N) is 1. The largest absolute Gasteiger partial charge is 0.485 e. The fourth-order valence-electron chi connectivity index (χ4n) is 4.20. The molecule has 2 aromatic heterocycles. The van der Waals surface area contributed by atoms with Gasteiger partial charge in [-0.15, -0.1) is 0 Å². The van der Waals surface area contributed by atoms with Crippen LogP contribution in [0.15, 0.2) is 36.5 Å². The number of hydrogen-bond acceptors (Lipinski definition) is 5. The summed E-state index contributed by atoms with van der Waals surface area (Å²) >= 11 is 0. The van der Waals surface area contributed by atoms with E-state index in [4.69, 9.17) is 4.74 Å². The molecule has 2 aliphatic rings. The number of likely N-dealkylation sites (tertiary alicyclic amines) is 1. The van der Waals surface area contributed by atoms with Crippen LogP contribution in [0.2, 0.25) is 0 Å². The van der Waals surface area contributed by atoms with Crippen molar-refractivity contribution in [1.29, 1.82) is 0 Å². The number of aliphatic hydroxyl groups excluding tert-OH is 1. The van der Waals surface area contributed by atoms with E-state index < -0.39 is 17.7 Å². The maximum atomic E-state index is 12.5. The predicted octanol–water partition coefficient (Wildman–Crippen LogP) is 2.82. The Bertz CT molecular complexity index is 1040. The molecule has 1 unspecified atom stereocenters. The lowest BCUT2D eigenvalue weighted by Crippen LogP contribution is -2.53. The molecule has 2 atom stereocenters. The standard InChI is InChI=1S/C21H22N4O3/c1-21(2)18(27)17(25-10-4-6-16(25)26)13-11-12(7-8-15(13)28-21)19-23-14-5-3-9-22-20(14)24-19/h3,5,7-9,11,17-18,27H,4,6,10H2,1-2H3,(H,22,23,24)/t17?,18-/m0/s1. The van der Waals surface area contributed by atoms with Crippen molar-refractivity contribution in [3.8, 4) is 17.1 Å². The van der Waals surface area contributed by atoms with Gasteiger partial charge in [-0.3, -0.25) is 4.79 Å². The second-order valence-corrected chi connectivity index (χ2v) is 8.00. The fraction of sp³-hybridized carbons (Fsp3) is 0.381. The average molecular weight is 378 g/mol. The minimum absolute atomic E-state index is 0.0750. The lowest BCUT2D eigenvalue weighted by atomic mass is 9.85. The minimum Gasteiger partial charge on any atom is -0.485 e. The van der Waals surface area contributed by atoms with Gasteiger partial charge in [0.25, 0.3) is 0 Å². The summed E-state index contributed by atoms with van der Waals surface area (Å²) in [4.78, 5) is 26.4. The van der Waals surface area contributed by atoms with Gasteiger partial charge in [0.2, 0.25) is 5.91 Å². The Morgan fingerprint density at radius 2 is 2.18 bits per heavy atom. The van der Waals surface area contributed by atoms with Gasteiger partial charge in [0.1, 0.15) is 23.3 Å². The number of nitrogens with zero attached hydrogens (tertiary/aromatic N) is 3. The van der Waals surface area contributed by atoms with Crippen LogP contribution < -0.4 is 4.74 Å². The monoisotopic (exact) mass is 378 g/mol. The van der Waals surface area contributed by atoms with Gasteiger partial charge in [0.15, 0.2) is 5.65 Å². The van der Waals surface area contributed by atoms with Gasteiger partial charge in [-0.2, -0.15) is 0 Å². The van der Waals surface area contributed by atoms with Crippen molar-refractivity contribution in [2.24, 2.45) is 0 Å². The molecule has 0 aliphatic carbocycles. The Balaban J connectivity index is 1.63. The van der Waals surface area contributed by atoms with Crippen LogP contribution in [0.25, 0.3) is 22.6 Å². The molecule has 4 heterocycles. The first-order valence-electron chi connectivity index (χ1n) is 9.56. The summed E-state index contributed by atoms with van der Waals surface area (Å²) in [6.45, 7) is 4.36. The van der Waals surface area contributed by atoms with E-state index in [0.717, 1.165) is 23.1 Å². The molecule has 28 heavy (non-hydrogen) atoms. The van der Waals surface area contributed by atoms with E-state index in [2.05, 4.69) is 15.0 Å². The van der Waals surface area contributed by atoms with Crippen LogP contribution in [0.1, 0.15) is 38.3 Å². The second kappa shape index (κ2) is 6.04. The molecule has 1 fully saturated rings. The van der Waals surface area contributed by atoms with Gasteiger partial charge in [0.05, 0.1) is 11.6 Å². The maximum absolute atomic E-state index is 12.5. The summed E-state index contributed by atoms with van der Waals surface area (Å²) < 4.78 is 6.08. The Morgan fingerprint density at radius 3 is 2.93 bits per heavy atom. The SMILES string of the molecule is CC1(C)Oc2ccc(-c3nc4ncccc4[nH]3)cc2C(N2CCCC2=O)[C@@H]1O. The molecule has 7 heteroatoms. The lowest BCUT2D eigenvalue weighted by Gasteiger charge is -2.45. The summed E-state index contributed by atoms with van der Waals surface area (Å²) in [6.07, 6.45) is 2.22. The number of amides is 1. The lowest BCUT2D eigenvalue weighted by molar-refractivity contribution is -0.139. The Labute approximate surface area is 162 Å². The van der Waals surface area contributed by atoms with Gasteiger partial charge < -0.3 is 19.7 Å². The molecule has 0 spiro atoms. The van der Waals surface area contributed by atoms with Crippen LogP contribution in [0.5, 0.6) is 5.75 Å². The smallest absolute Gasteiger partial charge is 0.223 e. The van der Waals surface area contributed by atoms with Gasteiger partial charge >= 0.3 is 0 Å². The third-order valence-electron chi connectivity index (χ3n) is 5.69. The topological polar surface area (TPSA) is 91.3 Å². The number of fused-ring (bicyclic) bond motifs is 2. The number of aromatic nitrogens is 3. The van der Waals surface area contributed by atoms with E-state index in [-0.39, 0.29) is 5.91 Å². The zero-order valence-electron chi connectivity index (χ0n) is 15.8. The van der Waals surface area contributed by atoms with Crippen LogP contribution in [0.4, 0.5) is 0 Å². The van der Waals surface area contributed by atoms with Crippen LogP contribution in [-0.2, 0) is 4.79 Å². The zero-order valence-corrected chi connectivity index (χ0v) is 15.8. The highest BCUT2D eigenvalue weighted by Crippen LogP contribution is 2.45. The van der Waals surface area contributed by atoms with Crippen molar-refractivity contribution in [2.45, 2.75) is 44.4 Å². The van der Waals surface area contributed by atoms with E-state index in [1.54, 1.807) is 11.1 Å². The van der Waals surface area contributed by atoms with Crippen LogP contribution in [-0.4, -0.2) is 49.1 Å². The van der Waals surface area contributed by atoms with Crippen LogP contribution in [0, 0.1) is 0 Å². The molecule has 144 valence electrons. The maximum Gasteiger partial charge on any atom is 0.223 e. The Hall–Kier alpha value is -2.93. The van der Waals surface area contributed by atoms with Crippen molar-refractivity contribution in [1.82, 2.24) is 19.9 Å². The number of aliphatic hydroxyl groups is 1. The van der Waals surface area contributed by atoms with Gasteiger partial charge in [-0.25, -0.2) is 9.97 Å². The Kier molecular flexibility index (Phi) is 3.71. The normalized spacial score (nSPS) is 23.7. The second-order valence-electron chi connectivity index (χ2n) is 8.00. The zero-order chi connectivity index (χ0) is 19.5. The summed E-state index contributed by atoms with van der Waals surface area (Å²) in [6, 6.07) is 9.15. The molecule has 5 rings (SSSR count). The first kappa shape index (κ1) is 17.2. The molecular formula is C21H22N4O3. The number of imidazole rings is 1. The number of H-pyrrole nitrogens is 1. The molecule has 0 bridgehead atoms. The third kappa shape index (κ3) is 2.57. The predicted molar refractivity (Wildman–Crippen MR) is 104 cm³/mol. The number of carbonyl (C=O) groups is 1. The van der Waals surface area contributed by atoms with E-state index in [1.165, 1.54) is 0 Å². The van der Waals surface area contributed by atoms with Gasteiger partial charge in [0, 0.05) is 30.3 Å². The number of aromatic amines is 1. The molecule has 0 saturated carbocycles. The highest BCUT2D eigenvalue weighted by molar-refractivity contribution is 5.79. The van der Waals surface area contributed by atoms with E-state index in [9.17, 15) is 9.90 Å². The van der Waals surface area contributed by atoms with E-state index >= 15 is 0 Å². The fourth-order valence-corrected chi connectivity index (χ4v) is 4.20. The molecule has 1 aromatic carbocycles. The average Bonchev–Trinajstić information content (AvgIpc) is 3.28. The number of hydrogen-bond donors (Lipinski definition) is 2. The van der Waals surface area contributed by atoms with Gasteiger partial charge in [-0.05, 0) is 50.6 Å². The highest BCUT2D eigenvalue weighted by Gasteiger charge is 2.47. The number of ether oxygens (including phenoxy) is 1. The molecule has 2 aliphatic heterocycles. The summed E-state index contributed by atoms with van der Waals surface area (Å²) in [7, 11) is 0. The molecule has 1 amide bonds. The van der Waals surface area contributed by atoms with Crippen molar-refractivity contribution in [3.05, 3.63) is 42.1 Å². The Morgan fingerprint density at radius 1 is 1.32 bits per heavy atom. The molecule has 2 N–H and O–H groups in total. The third-order valence-corrected chi connectivity index (χ3v) is 5.69. The molecule has 7 nitrogen and oxygen atoms in total. The number of benzene rings is 1. The van der Waals surface area contributed by atoms with E-state index in [0.29, 0.717) is 30.2 Å². The number of carbonyl (C=O) groups excluding carboxylic acids is 1. The van der Waals surface area contributed by atoms with Crippen molar-refractivity contribution in [2.75, 3.05) is 6.54 Å². The summed E-state index contributed by atoms with van der Waals surface area (Å²) in [5, 5.41) is 11.0. The molecule has 3 aromatic rings. The summed E-state index contributed by atoms with van der Waals surface area (Å²) in [5.41, 5.74) is 2.40. The molecule has 1 saturated heterocycles. The first-order valence-corrected chi connectivity index (χ1v) is 9.56. The van der Waals surface area contributed by atoms with Crippen molar-refractivity contribution >= 4 is 17.1 Å². The minimum atomic E-state index is -0.824. The number of rotatable bonds is 2. The molecule has 0 radical (unpaired) electrons.